The smallest absolute Gasteiger partial charge is 0.227 e. The third-order valence-corrected chi connectivity index (χ3v) is 3.32. The van der Waals surface area contributed by atoms with Gasteiger partial charge in [-0.2, -0.15) is 0 Å². The maximum Gasteiger partial charge on any atom is 0.227 e. The highest BCUT2D eigenvalue weighted by Gasteiger charge is 2.32. The van der Waals surface area contributed by atoms with Crippen molar-refractivity contribution in [2.45, 2.75) is 6.42 Å². The molecule has 1 heterocycles. The number of aliphatic hydroxyl groups excluding tert-OH is 1. The molecule has 3 nitrogen and oxygen atoms in total. The zero-order valence-corrected chi connectivity index (χ0v) is 10.4. The largest absolute Gasteiger partial charge is 0.396 e. The van der Waals surface area contributed by atoms with Crippen molar-refractivity contribution in [2.75, 3.05) is 18.1 Å². The molecule has 2 rings (SSSR count). The van der Waals surface area contributed by atoms with E-state index in [0.717, 1.165) is 12.1 Å². The molecule has 1 amide bonds. The highest BCUT2D eigenvalue weighted by molar-refractivity contribution is 9.10. The minimum Gasteiger partial charge on any atom is -0.396 e. The number of anilines is 1. The summed E-state index contributed by atoms with van der Waals surface area (Å²) >= 11 is 3.04. The normalized spacial score (nSPS) is 20.1. The van der Waals surface area contributed by atoms with E-state index in [4.69, 9.17) is 5.11 Å². The molecule has 6 heteroatoms. The number of benzene rings is 1. The summed E-state index contributed by atoms with van der Waals surface area (Å²) in [4.78, 5) is 12.9. The predicted octanol–water partition coefficient (Wildman–Crippen LogP) is 2.07. The van der Waals surface area contributed by atoms with Crippen molar-refractivity contribution in [3.63, 3.8) is 0 Å². The number of carbonyl (C=O) groups is 1. The molecule has 1 atom stereocenters. The Balaban J connectivity index is 2.38. The van der Waals surface area contributed by atoms with Crippen molar-refractivity contribution in [1.29, 1.82) is 0 Å². The van der Waals surface area contributed by atoms with Crippen LogP contribution in [0.2, 0.25) is 0 Å². The van der Waals surface area contributed by atoms with E-state index in [1.807, 2.05) is 0 Å². The summed E-state index contributed by atoms with van der Waals surface area (Å²) in [7, 11) is 0. The van der Waals surface area contributed by atoms with Crippen molar-refractivity contribution >= 4 is 27.5 Å². The molecule has 1 aromatic rings. The lowest BCUT2D eigenvalue weighted by Crippen LogP contribution is -2.26. The number of hydrogen-bond acceptors (Lipinski definition) is 2. The molecule has 1 N–H and O–H groups in total. The van der Waals surface area contributed by atoms with Crippen LogP contribution in [0.1, 0.15) is 6.42 Å². The first-order valence-corrected chi connectivity index (χ1v) is 5.88. The van der Waals surface area contributed by atoms with E-state index >= 15 is 0 Å². The lowest BCUT2D eigenvalue weighted by Gasteiger charge is -2.18. The molecule has 0 radical (unpaired) electrons. The fourth-order valence-corrected chi connectivity index (χ4v) is 2.53. The van der Waals surface area contributed by atoms with Crippen LogP contribution in [0.15, 0.2) is 16.6 Å². The monoisotopic (exact) mass is 305 g/mol. The van der Waals surface area contributed by atoms with Crippen LogP contribution in [0.25, 0.3) is 0 Å². The highest BCUT2D eigenvalue weighted by atomic mass is 79.9. The number of aliphatic hydroxyl groups is 1. The minimum absolute atomic E-state index is 0.0346. The third-order valence-electron chi connectivity index (χ3n) is 2.71. The SMILES string of the molecule is O=C1CC(CO)CN1c1c(F)cc(F)cc1Br. The van der Waals surface area contributed by atoms with Gasteiger partial charge in [-0.1, -0.05) is 0 Å². The number of carbonyl (C=O) groups excluding carboxylic acids is 1. The lowest BCUT2D eigenvalue weighted by molar-refractivity contribution is -0.117. The van der Waals surface area contributed by atoms with Gasteiger partial charge in [-0.25, -0.2) is 8.78 Å². The molecule has 1 fully saturated rings. The molecule has 0 saturated carbocycles. The Bertz CT molecular complexity index is 444. The van der Waals surface area contributed by atoms with Crippen LogP contribution in [-0.4, -0.2) is 24.2 Å². The van der Waals surface area contributed by atoms with E-state index in [1.54, 1.807) is 0 Å². The molecule has 1 unspecified atom stereocenters. The molecule has 17 heavy (non-hydrogen) atoms. The van der Waals surface area contributed by atoms with Gasteiger partial charge in [-0.05, 0) is 22.0 Å². The van der Waals surface area contributed by atoms with Crippen LogP contribution >= 0.6 is 15.9 Å². The second-order valence-corrected chi connectivity index (χ2v) is 4.83. The van der Waals surface area contributed by atoms with E-state index in [9.17, 15) is 13.6 Å². The average molecular weight is 306 g/mol. The van der Waals surface area contributed by atoms with E-state index < -0.39 is 11.6 Å². The third kappa shape index (κ3) is 2.32. The minimum atomic E-state index is -0.788. The first-order chi connectivity index (χ1) is 8.02. The Morgan fingerprint density at radius 2 is 2.18 bits per heavy atom. The lowest BCUT2D eigenvalue weighted by atomic mass is 10.1. The van der Waals surface area contributed by atoms with Crippen LogP contribution in [0.5, 0.6) is 0 Å². The van der Waals surface area contributed by atoms with Crippen molar-refractivity contribution in [1.82, 2.24) is 0 Å². The zero-order valence-electron chi connectivity index (χ0n) is 8.79. The standard InChI is InChI=1S/C11H10BrF2NO2/c12-8-2-7(13)3-9(14)11(8)15-4-6(5-16)1-10(15)17/h2-3,6,16H,1,4-5H2. The summed E-state index contributed by atoms with van der Waals surface area (Å²) in [6, 6.07) is 1.84. The van der Waals surface area contributed by atoms with Crippen LogP contribution < -0.4 is 4.90 Å². The summed E-state index contributed by atoms with van der Waals surface area (Å²) in [6.07, 6.45) is 0.180. The molecule has 92 valence electrons. The molecule has 1 aliphatic heterocycles. The molecule has 1 aromatic carbocycles. The highest BCUT2D eigenvalue weighted by Crippen LogP contribution is 2.34. The second-order valence-electron chi connectivity index (χ2n) is 3.98. The summed E-state index contributed by atoms with van der Waals surface area (Å²) in [5, 5.41) is 8.99. The summed E-state index contributed by atoms with van der Waals surface area (Å²) in [5.74, 6) is -1.96. The van der Waals surface area contributed by atoms with E-state index in [1.165, 1.54) is 4.90 Å². The van der Waals surface area contributed by atoms with Crippen LogP contribution in [0.3, 0.4) is 0 Å². The van der Waals surface area contributed by atoms with Gasteiger partial charge in [0.25, 0.3) is 0 Å². The van der Waals surface area contributed by atoms with Crippen LogP contribution in [0.4, 0.5) is 14.5 Å². The topological polar surface area (TPSA) is 40.5 Å². The molecular formula is C11H10BrF2NO2. The molecule has 0 bridgehead atoms. The Morgan fingerprint density at radius 3 is 2.71 bits per heavy atom. The van der Waals surface area contributed by atoms with Crippen LogP contribution in [-0.2, 0) is 4.79 Å². The average Bonchev–Trinajstić information content (AvgIpc) is 2.59. The van der Waals surface area contributed by atoms with Gasteiger partial charge in [0, 0.05) is 36.0 Å². The summed E-state index contributed by atoms with van der Waals surface area (Å²) in [5.41, 5.74) is 0.0346. The van der Waals surface area contributed by atoms with Crippen LogP contribution in [0, 0.1) is 17.6 Å². The van der Waals surface area contributed by atoms with Crippen molar-refractivity contribution in [3.8, 4) is 0 Å². The zero-order chi connectivity index (χ0) is 12.6. The van der Waals surface area contributed by atoms with Gasteiger partial charge in [0.15, 0.2) is 5.82 Å². The quantitative estimate of drug-likeness (QED) is 0.909. The molecule has 0 aromatic heterocycles. The number of hydrogen-bond donors (Lipinski definition) is 1. The van der Waals surface area contributed by atoms with Gasteiger partial charge in [-0.3, -0.25) is 4.79 Å². The molecule has 1 aliphatic rings. The van der Waals surface area contributed by atoms with Gasteiger partial charge in [-0.15, -0.1) is 0 Å². The van der Waals surface area contributed by atoms with Crippen molar-refractivity contribution < 1.29 is 18.7 Å². The molecule has 0 aliphatic carbocycles. The fraction of sp³-hybridized carbons (Fsp3) is 0.364. The van der Waals surface area contributed by atoms with E-state index in [-0.39, 0.29) is 41.6 Å². The Morgan fingerprint density at radius 1 is 1.47 bits per heavy atom. The summed E-state index contributed by atoms with van der Waals surface area (Å²) < 4.78 is 26.8. The van der Waals surface area contributed by atoms with E-state index in [0.29, 0.717) is 0 Å². The van der Waals surface area contributed by atoms with Crippen molar-refractivity contribution in [3.05, 3.63) is 28.2 Å². The Hall–Kier alpha value is -1.01. The second kappa shape index (κ2) is 4.70. The first-order valence-electron chi connectivity index (χ1n) is 5.08. The van der Waals surface area contributed by atoms with Gasteiger partial charge >= 0.3 is 0 Å². The maximum absolute atomic E-state index is 13.6. The first kappa shape index (κ1) is 12.4. The number of halogens is 3. The summed E-state index contributed by atoms with van der Waals surface area (Å²) in [6.45, 7) is 0.124. The van der Waals surface area contributed by atoms with Gasteiger partial charge in [0.05, 0.1) is 5.69 Å². The number of rotatable bonds is 2. The number of amides is 1. The molecule has 1 saturated heterocycles. The molecular weight excluding hydrogens is 296 g/mol. The predicted molar refractivity (Wildman–Crippen MR) is 61.6 cm³/mol. The number of nitrogens with zero attached hydrogens (tertiary/aromatic N) is 1. The van der Waals surface area contributed by atoms with Gasteiger partial charge < -0.3 is 10.0 Å². The molecule has 0 spiro atoms. The van der Waals surface area contributed by atoms with Gasteiger partial charge in [0.1, 0.15) is 5.82 Å². The van der Waals surface area contributed by atoms with Gasteiger partial charge in [0.2, 0.25) is 5.91 Å². The maximum atomic E-state index is 13.6. The Kier molecular flexibility index (Phi) is 3.44. The van der Waals surface area contributed by atoms with Crippen molar-refractivity contribution in [2.24, 2.45) is 5.92 Å². The Labute approximate surface area is 105 Å². The van der Waals surface area contributed by atoms with E-state index in [2.05, 4.69) is 15.9 Å². The fourth-order valence-electron chi connectivity index (χ4n) is 1.91.